The van der Waals surface area contributed by atoms with E-state index in [2.05, 4.69) is 0 Å². The number of carboxylic acid groups (broad SMARTS) is 1. The van der Waals surface area contributed by atoms with Crippen LogP contribution in [0.15, 0.2) is 97.1 Å². The van der Waals surface area contributed by atoms with Crippen LogP contribution in [0.1, 0.15) is 27.0 Å². The molecule has 0 aliphatic rings. The highest BCUT2D eigenvalue weighted by Crippen LogP contribution is 2.26. The zero-order valence-electron chi connectivity index (χ0n) is 20.2. The van der Waals surface area contributed by atoms with E-state index in [0.29, 0.717) is 16.3 Å². The minimum atomic E-state index is -1.15. The van der Waals surface area contributed by atoms with Crippen LogP contribution in [-0.4, -0.2) is 27.9 Å². The van der Waals surface area contributed by atoms with Crippen molar-refractivity contribution in [1.82, 2.24) is 4.90 Å². The smallest absolute Gasteiger partial charge is 0.326 e. The molecular weight excluding hydrogens is 528 g/mol. The molecule has 1 amide bonds. The van der Waals surface area contributed by atoms with Crippen LogP contribution >= 0.6 is 23.2 Å². The lowest BCUT2D eigenvalue weighted by molar-refractivity contribution is -0.142. The third-order valence-electron chi connectivity index (χ3n) is 5.95. The van der Waals surface area contributed by atoms with Gasteiger partial charge in [0, 0.05) is 18.0 Å². The lowest BCUT2D eigenvalue weighted by atomic mass is 10.0. The summed E-state index contributed by atoms with van der Waals surface area (Å²) in [7, 11) is 0. The van der Waals surface area contributed by atoms with E-state index in [-0.39, 0.29) is 36.0 Å². The summed E-state index contributed by atoms with van der Waals surface area (Å²) < 4.78 is 18.9. The van der Waals surface area contributed by atoms with Crippen LogP contribution in [0, 0.1) is 5.82 Å². The molecule has 8 heteroatoms. The summed E-state index contributed by atoms with van der Waals surface area (Å²) in [6.07, 6.45) is 0.117. The number of nitrogens with zero attached hydrogens (tertiary/aromatic N) is 1. The van der Waals surface area contributed by atoms with Gasteiger partial charge in [-0.2, -0.15) is 0 Å². The van der Waals surface area contributed by atoms with E-state index in [9.17, 15) is 19.1 Å². The quantitative estimate of drug-likeness (QED) is 0.229. The van der Waals surface area contributed by atoms with Crippen molar-refractivity contribution in [3.05, 3.63) is 135 Å². The van der Waals surface area contributed by atoms with Gasteiger partial charge in [0.1, 0.15) is 24.2 Å². The fourth-order valence-electron chi connectivity index (χ4n) is 3.94. The molecule has 1 atom stereocenters. The van der Waals surface area contributed by atoms with Crippen LogP contribution in [0.3, 0.4) is 0 Å². The fraction of sp³-hybridized carbons (Fsp3) is 0.133. The van der Waals surface area contributed by atoms with Gasteiger partial charge in [-0.25, -0.2) is 9.18 Å². The molecule has 0 heterocycles. The Hall–Kier alpha value is -3.87. The predicted molar refractivity (Wildman–Crippen MR) is 145 cm³/mol. The van der Waals surface area contributed by atoms with E-state index in [0.717, 1.165) is 11.1 Å². The summed E-state index contributed by atoms with van der Waals surface area (Å²) in [6.45, 7) is 0.289. The molecule has 0 spiro atoms. The molecule has 0 saturated heterocycles. The van der Waals surface area contributed by atoms with Crippen molar-refractivity contribution in [3.8, 4) is 5.75 Å². The number of benzene rings is 4. The zero-order chi connectivity index (χ0) is 27.1. The minimum Gasteiger partial charge on any atom is -0.489 e. The second-order valence-electron chi connectivity index (χ2n) is 8.66. The Morgan fingerprint density at radius 1 is 0.842 bits per heavy atom. The standard InChI is InChI=1S/C30H24Cl2FNO4/c31-23-10-15-26(27(32)17-23)29(35)34(28(30(36)37)16-20-4-2-1-3-5-20)18-21-8-13-25(14-9-21)38-19-22-6-11-24(33)12-7-22/h1-15,17,28H,16,18-19H2,(H,36,37). The van der Waals surface area contributed by atoms with Crippen LogP contribution < -0.4 is 4.74 Å². The first-order valence-electron chi connectivity index (χ1n) is 11.8. The maximum Gasteiger partial charge on any atom is 0.326 e. The SMILES string of the molecule is O=C(O)C(Cc1ccccc1)N(Cc1ccc(OCc2ccc(F)cc2)cc1)C(=O)c1ccc(Cl)cc1Cl. The van der Waals surface area contributed by atoms with Crippen molar-refractivity contribution in [2.24, 2.45) is 0 Å². The molecule has 0 aliphatic heterocycles. The molecule has 1 N–H and O–H groups in total. The highest BCUT2D eigenvalue weighted by atomic mass is 35.5. The molecule has 0 aliphatic carbocycles. The second-order valence-corrected chi connectivity index (χ2v) is 9.50. The van der Waals surface area contributed by atoms with Gasteiger partial charge >= 0.3 is 5.97 Å². The lowest BCUT2D eigenvalue weighted by Crippen LogP contribution is -2.46. The number of carbonyl (C=O) groups is 2. The van der Waals surface area contributed by atoms with Crippen molar-refractivity contribution in [1.29, 1.82) is 0 Å². The number of hydrogen-bond donors (Lipinski definition) is 1. The minimum absolute atomic E-state index is 0.0276. The molecule has 38 heavy (non-hydrogen) atoms. The molecule has 0 saturated carbocycles. The van der Waals surface area contributed by atoms with Gasteiger partial charge in [0.2, 0.25) is 0 Å². The number of halogens is 3. The number of aliphatic carboxylic acids is 1. The Bertz CT molecular complexity index is 1400. The predicted octanol–water partition coefficient (Wildman–Crippen LogP) is 7.05. The highest BCUT2D eigenvalue weighted by molar-refractivity contribution is 6.36. The first-order chi connectivity index (χ1) is 18.3. The molecule has 4 rings (SSSR count). The largest absolute Gasteiger partial charge is 0.489 e. The van der Waals surface area contributed by atoms with Crippen LogP contribution in [0.5, 0.6) is 5.75 Å². The summed E-state index contributed by atoms with van der Waals surface area (Å²) >= 11 is 12.3. The average Bonchev–Trinajstić information content (AvgIpc) is 2.91. The first kappa shape index (κ1) is 27.2. The van der Waals surface area contributed by atoms with Gasteiger partial charge in [0.25, 0.3) is 5.91 Å². The summed E-state index contributed by atoms with van der Waals surface area (Å²) in [5, 5.41) is 10.6. The van der Waals surface area contributed by atoms with Gasteiger partial charge in [0.15, 0.2) is 0 Å². The third-order valence-corrected chi connectivity index (χ3v) is 6.50. The van der Waals surface area contributed by atoms with Crippen molar-refractivity contribution in [2.45, 2.75) is 25.6 Å². The number of rotatable bonds is 10. The van der Waals surface area contributed by atoms with E-state index in [1.165, 1.54) is 29.2 Å². The molecule has 0 radical (unpaired) electrons. The lowest BCUT2D eigenvalue weighted by Gasteiger charge is -2.30. The van der Waals surface area contributed by atoms with E-state index in [1.54, 1.807) is 42.5 Å². The molecule has 1 unspecified atom stereocenters. The van der Waals surface area contributed by atoms with Crippen molar-refractivity contribution in [2.75, 3.05) is 0 Å². The van der Waals surface area contributed by atoms with Gasteiger partial charge in [0.05, 0.1) is 10.6 Å². The van der Waals surface area contributed by atoms with Crippen LogP contribution in [0.25, 0.3) is 0 Å². The maximum atomic E-state index is 13.7. The first-order valence-corrected chi connectivity index (χ1v) is 12.5. The average molecular weight is 552 g/mol. The Labute approximate surface area is 230 Å². The summed E-state index contributed by atoms with van der Waals surface area (Å²) in [5.41, 5.74) is 2.47. The van der Waals surface area contributed by atoms with Gasteiger partial charge in [-0.05, 0) is 59.2 Å². The van der Waals surface area contributed by atoms with E-state index >= 15 is 0 Å². The zero-order valence-corrected chi connectivity index (χ0v) is 21.7. The molecule has 4 aromatic rings. The van der Waals surface area contributed by atoms with E-state index in [1.807, 2.05) is 30.3 Å². The monoisotopic (exact) mass is 551 g/mol. The molecule has 0 bridgehead atoms. The number of hydrogen-bond acceptors (Lipinski definition) is 3. The summed E-state index contributed by atoms with van der Waals surface area (Å²) in [6, 6.07) is 25.5. The van der Waals surface area contributed by atoms with E-state index < -0.39 is 17.9 Å². The van der Waals surface area contributed by atoms with Gasteiger partial charge in [-0.1, -0.05) is 77.8 Å². The molecule has 5 nitrogen and oxygen atoms in total. The molecule has 0 fully saturated rings. The fourth-order valence-corrected chi connectivity index (χ4v) is 4.43. The number of ether oxygens (including phenoxy) is 1. The van der Waals surface area contributed by atoms with Crippen LogP contribution in [-0.2, 0) is 24.4 Å². The normalized spacial score (nSPS) is 11.6. The number of carbonyl (C=O) groups excluding carboxylic acids is 1. The third kappa shape index (κ3) is 7.12. The Kier molecular flexibility index (Phi) is 9.00. The van der Waals surface area contributed by atoms with Gasteiger partial charge in [-0.15, -0.1) is 0 Å². The molecule has 0 aromatic heterocycles. The summed E-state index contributed by atoms with van der Waals surface area (Å²) in [5.74, 6) is -1.39. The van der Waals surface area contributed by atoms with Crippen LogP contribution in [0.4, 0.5) is 4.39 Å². The van der Waals surface area contributed by atoms with Gasteiger partial charge < -0.3 is 14.7 Å². The number of amides is 1. The molecule has 194 valence electrons. The van der Waals surface area contributed by atoms with Gasteiger partial charge in [-0.3, -0.25) is 4.79 Å². The summed E-state index contributed by atoms with van der Waals surface area (Å²) in [4.78, 5) is 27.4. The van der Waals surface area contributed by atoms with Crippen molar-refractivity contribution < 1.29 is 23.8 Å². The Morgan fingerprint density at radius 3 is 2.13 bits per heavy atom. The van der Waals surface area contributed by atoms with E-state index in [4.69, 9.17) is 27.9 Å². The second kappa shape index (κ2) is 12.6. The molecule has 4 aromatic carbocycles. The van der Waals surface area contributed by atoms with Crippen molar-refractivity contribution in [3.63, 3.8) is 0 Å². The topological polar surface area (TPSA) is 66.8 Å². The Morgan fingerprint density at radius 2 is 1.50 bits per heavy atom. The highest BCUT2D eigenvalue weighted by Gasteiger charge is 2.31. The molecular formula is C30H24Cl2FNO4. The Balaban J connectivity index is 1.57. The van der Waals surface area contributed by atoms with Crippen LogP contribution in [0.2, 0.25) is 10.0 Å². The van der Waals surface area contributed by atoms with Crippen molar-refractivity contribution >= 4 is 35.1 Å². The number of carboxylic acids is 1. The maximum absolute atomic E-state index is 13.7.